The predicted octanol–water partition coefficient (Wildman–Crippen LogP) is 1.96. The summed E-state index contributed by atoms with van der Waals surface area (Å²) in [5.74, 6) is -0.232. The van der Waals surface area contributed by atoms with Crippen LogP contribution in [-0.4, -0.2) is 63.8 Å². The van der Waals surface area contributed by atoms with Crippen molar-refractivity contribution in [1.82, 2.24) is 14.5 Å². The molecule has 1 aromatic carbocycles. The predicted molar refractivity (Wildman–Crippen MR) is 102 cm³/mol. The molecular formula is C17H28ClN3O3S. The smallest absolute Gasteiger partial charge is 0.251 e. The number of halogens is 1. The van der Waals surface area contributed by atoms with Gasteiger partial charge in [0.05, 0.1) is 4.90 Å². The third kappa shape index (κ3) is 6.26. The van der Waals surface area contributed by atoms with Crippen LogP contribution in [0.1, 0.15) is 36.0 Å². The Morgan fingerprint density at radius 2 is 1.88 bits per heavy atom. The van der Waals surface area contributed by atoms with Gasteiger partial charge in [-0.2, -0.15) is 4.31 Å². The molecule has 2 rings (SSSR count). The molecule has 8 heteroatoms. The Morgan fingerprint density at radius 3 is 2.52 bits per heavy atom. The van der Waals surface area contributed by atoms with Crippen LogP contribution in [0.5, 0.6) is 0 Å². The number of benzene rings is 1. The van der Waals surface area contributed by atoms with E-state index in [-0.39, 0.29) is 23.2 Å². The molecule has 1 aliphatic heterocycles. The minimum absolute atomic E-state index is 0. The molecule has 1 amide bonds. The van der Waals surface area contributed by atoms with E-state index >= 15 is 0 Å². The van der Waals surface area contributed by atoms with Crippen molar-refractivity contribution in [3.63, 3.8) is 0 Å². The Kier molecular flexibility index (Phi) is 8.85. The molecule has 142 valence electrons. The quantitative estimate of drug-likeness (QED) is 0.724. The maximum atomic E-state index is 12.7. The van der Waals surface area contributed by atoms with Crippen LogP contribution in [0.4, 0.5) is 0 Å². The standard InChI is InChI=1S/C17H27N3O3S.ClH/c1-19(2)11-7-10-18-17(21)15-8-6-9-16(14-15)24(22,23)20-12-4-3-5-13-20;/h6,8-9,14H,3-5,7,10-13H2,1-2H3,(H,18,21);1H. The molecule has 1 N–H and O–H groups in total. The van der Waals surface area contributed by atoms with E-state index in [1.54, 1.807) is 18.2 Å². The van der Waals surface area contributed by atoms with Gasteiger partial charge in [-0.25, -0.2) is 8.42 Å². The van der Waals surface area contributed by atoms with Crippen LogP contribution in [0, 0.1) is 0 Å². The summed E-state index contributed by atoms with van der Waals surface area (Å²) in [5.41, 5.74) is 0.387. The number of amides is 1. The van der Waals surface area contributed by atoms with Gasteiger partial charge in [0, 0.05) is 25.2 Å². The molecule has 0 atom stereocenters. The fourth-order valence-corrected chi connectivity index (χ4v) is 4.31. The Bertz CT molecular complexity index is 659. The van der Waals surface area contributed by atoms with E-state index < -0.39 is 10.0 Å². The normalized spacial score (nSPS) is 15.6. The lowest BCUT2D eigenvalue weighted by Gasteiger charge is -2.26. The van der Waals surface area contributed by atoms with Gasteiger partial charge < -0.3 is 10.2 Å². The first-order chi connectivity index (χ1) is 11.4. The lowest BCUT2D eigenvalue weighted by Crippen LogP contribution is -2.35. The highest BCUT2D eigenvalue weighted by Gasteiger charge is 2.26. The molecule has 0 saturated carbocycles. The van der Waals surface area contributed by atoms with Crippen molar-refractivity contribution in [2.75, 3.05) is 40.3 Å². The molecule has 0 bridgehead atoms. The van der Waals surface area contributed by atoms with Gasteiger partial charge in [0.15, 0.2) is 0 Å². The van der Waals surface area contributed by atoms with Gasteiger partial charge in [-0.05, 0) is 58.1 Å². The largest absolute Gasteiger partial charge is 0.352 e. The van der Waals surface area contributed by atoms with Crippen molar-refractivity contribution in [3.8, 4) is 0 Å². The summed E-state index contributed by atoms with van der Waals surface area (Å²) in [6, 6.07) is 6.32. The molecule has 0 unspecified atom stereocenters. The third-order valence-electron chi connectivity index (χ3n) is 4.12. The summed E-state index contributed by atoms with van der Waals surface area (Å²) >= 11 is 0. The van der Waals surface area contributed by atoms with Crippen molar-refractivity contribution in [2.24, 2.45) is 0 Å². The highest BCUT2D eigenvalue weighted by Crippen LogP contribution is 2.21. The summed E-state index contributed by atoms with van der Waals surface area (Å²) in [5, 5.41) is 2.84. The van der Waals surface area contributed by atoms with E-state index in [4.69, 9.17) is 0 Å². The average molecular weight is 390 g/mol. The number of nitrogens with zero attached hydrogens (tertiary/aromatic N) is 2. The summed E-state index contributed by atoms with van der Waals surface area (Å²) in [4.78, 5) is 14.5. The van der Waals surface area contributed by atoms with Crippen molar-refractivity contribution in [1.29, 1.82) is 0 Å². The molecule has 0 aliphatic carbocycles. The van der Waals surface area contributed by atoms with E-state index in [1.165, 1.54) is 10.4 Å². The first-order valence-corrected chi connectivity index (χ1v) is 9.88. The second kappa shape index (κ2) is 10.1. The highest BCUT2D eigenvalue weighted by atomic mass is 35.5. The molecule has 0 spiro atoms. The molecule has 0 radical (unpaired) electrons. The fourth-order valence-electron chi connectivity index (χ4n) is 2.75. The Balaban J connectivity index is 0.00000312. The molecule has 1 aromatic rings. The lowest BCUT2D eigenvalue weighted by molar-refractivity contribution is 0.0952. The molecule has 1 saturated heterocycles. The lowest BCUT2D eigenvalue weighted by atomic mass is 10.2. The number of nitrogens with one attached hydrogen (secondary N) is 1. The number of piperidine rings is 1. The Hall–Kier alpha value is -1.15. The number of carbonyl (C=O) groups is 1. The zero-order valence-corrected chi connectivity index (χ0v) is 16.5. The van der Waals surface area contributed by atoms with Gasteiger partial charge in [0.25, 0.3) is 5.91 Å². The summed E-state index contributed by atoms with van der Waals surface area (Å²) in [6.45, 7) is 2.58. The van der Waals surface area contributed by atoms with E-state index in [2.05, 4.69) is 10.2 Å². The maximum Gasteiger partial charge on any atom is 0.251 e. The second-order valence-electron chi connectivity index (χ2n) is 6.41. The SMILES string of the molecule is CN(C)CCCNC(=O)c1cccc(S(=O)(=O)N2CCCCC2)c1.Cl. The molecule has 1 fully saturated rings. The second-order valence-corrected chi connectivity index (χ2v) is 8.34. The van der Waals surface area contributed by atoms with Crippen molar-refractivity contribution in [2.45, 2.75) is 30.6 Å². The number of hydrogen-bond donors (Lipinski definition) is 1. The molecule has 0 aromatic heterocycles. The average Bonchev–Trinajstić information content (AvgIpc) is 2.59. The summed E-state index contributed by atoms with van der Waals surface area (Å²) < 4.78 is 26.9. The van der Waals surface area contributed by atoms with Gasteiger partial charge in [-0.1, -0.05) is 12.5 Å². The molecule has 25 heavy (non-hydrogen) atoms. The van der Waals surface area contributed by atoms with E-state index in [1.807, 2.05) is 14.1 Å². The molecular weight excluding hydrogens is 362 g/mol. The topological polar surface area (TPSA) is 69.7 Å². The van der Waals surface area contributed by atoms with Gasteiger partial charge >= 0.3 is 0 Å². The molecule has 1 heterocycles. The minimum Gasteiger partial charge on any atom is -0.352 e. The third-order valence-corrected chi connectivity index (χ3v) is 6.01. The molecule has 6 nitrogen and oxygen atoms in total. The van der Waals surface area contributed by atoms with Crippen LogP contribution in [0.25, 0.3) is 0 Å². The Labute approximate surface area is 157 Å². The van der Waals surface area contributed by atoms with Gasteiger partial charge in [-0.15, -0.1) is 12.4 Å². The van der Waals surface area contributed by atoms with Gasteiger partial charge in [-0.3, -0.25) is 4.79 Å². The van der Waals surface area contributed by atoms with Gasteiger partial charge in [0.2, 0.25) is 10.0 Å². The molecule has 1 aliphatic rings. The van der Waals surface area contributed by atoms with Crippen LogP contribution in [-0.2, 0) is 10.0 Å². The van der Waals surface area contributed by atoms with Crippen LogP contribution >= 0.6 is 12.4 Å². The Morgan fingerprint density at radius 1 is 1.20 bits per heavy atom. The first kappa shape index (κ1) is 21.9. The zero-order chi connectivity index (χ0) is 17.6. The van der Waals surface area contributed by atoms with E-state index in [9.17, 15) is 13.2 Å². The highest BCUT2D eigenvalue weighted by molar-refractivity contribution is 7.89. The van der Waals surface area contributed by atoms with Crippen LogP contribution in [0.15, 0.2) is 29.2 Å². The monoisotopic (exact) mass is 389 g/mol. The van der Waals surface area contributed by atoms with Crippen molar-refractivity contribution in [3.05, 3.63) is 29.8 Å². The minimum atomic E-state index is -3.51. The fraction of sp³-hybridized carbons (Fsp3) is 0.588. The number of sulfonamides is 1. The van der Waals surface area contributed by atoms with Crippen molar-refractivity contribution < 1.29 is 13.2 Å². The maximum absolute atomic E-state index is 12.7. The van der Waals surface area contributed by atoms with E-state index in [0.717, 1.165) is 32.2 Å². The number of rotatable bonds is 7. The number of hydrogen-bond acceptors (Lipinski definition) is 4. The van der Waals surface area contributed by atoms with Crippen LogP contribution < -0.4 is 5.32 Å². The zero-order valence-electron chi connectivity index (χ0n) is 14.9. The van der Waals surface area contributed by atoms with Gasteiger partial charge in [0.1, 0.15) is 0 Å². The first-order valence-electron chi connectivity index (χ1n) is 8.44. The van der Waals surface area contributed by atoms with Crippen LogP contribution in [0.3, 0.4) is 0 Å². The number of carbonyl (C=O) groups excluding carboxylic acids is 1. The summed E-state index contributed by atoms with van der Waals surface area (Å²) in [6.07, 6.45) is 3.71. The van der Waals surface area contributed by atoms with Crippen LogP contribution in [0.2, 0.25) is 0 Å². The van der Waals surface area contributed by atoms with E-state index in [0.29, 0.717) is 25.2 Å². The van der Waals surface area contributed by atoms with Crippen molar-refractivity contribution >= 4 is 28.3 Å². The summed E-state index contributed by atoms with van der Waals surface area (Å²) in [7, 11) is 0.458.